The summed E-state index contributed by atoms with van der Waals surface area (Å²) in [6.07, 6.45) is 1.90. The largest absolute Gasteiger partial charge is 0.496 e. The molecule has 0 bridgehead atoms. The lowest BCUT2D eigenvalue weighted by Gasteiger charge is -2.30. The molecule has 30 heavy (non-hydrogen) atoms. The van der Waals surface area contributed by atoms with Crippen molar-refractivity contribution in [1.29, 1.82) is 0 Å². The number of hydrogen-bond donors (Lipinski definition) is 1. The molecule has 2 aromatic carbocycles. The molecule has 0 saturated carbocycles. The zero-order valence-corrected chi connectivity index (χ0v) is 18.6. The molecule has 3 rings (SSSR count). The molecule has 7 heteroatoms. The number of methoxy groups -OCH3 is 1. The molecule has 0 aromatic heterocycles. The van der Waals surface area contributed by atoms with Gasteiger partial charge in [-0.3, -0.25) is 4.79 Å². The quantitative estimate of drug-likeness (QED) is 0.728. The molecule has 1 heterocycles. The lowest BCUT2D eigenvalue weighted by molar-refractivity contribution is 0.0693. The third-order valence-corrected chi connectivity index (χ3v) is 7.15. The molecular weight excluding hydrogens is 400 g/mol. The summed E-state index contributed by atoms with van der Waals surface area (Å²) in [7, 11) is -2.28. The Labute approximate surface area is 179 Å². The first kappa shape index (κ1) is 22.3. The van der Waals surface area contributed by atoms with Gasteiger partial charge in [-0.15, -0.1) is 0 Å². The molecule has 1 aliphatic heterocycles. The van der Waals surface area contributed by atoms with Crippen LogP contribution in [0.3, 0.4) is 0 Å². The molecule has 1 fully saturated rings. The van der Waals surface area contributed by atoms with Crippen LogP contribution in [-0.2, 0) is 10.0 Å². The van der Waals surface area contributed by atoms with Gasteiger partial charge in [-0.2, -0.15) is 0 Å². The summed E-state index contributed by atoms with van der Waals surface area (Å²) < 4.78 is 33.8. The number of piperidine rings is 1. The van der Waals surface area contributed by atoms with Gasteiger partial charge >= 0.3 is 0 Å². The number of hydrogen-bond acceptors (Lipinski definition) is 4. The summed E-state index contributed by atoms with van der Waals surface area (Å²) >= 11 is 0. The van der Waals surface area contributed by atoms with Crippen molar-refractivity contribution in [3.63, 3.8) is 0 Å². The van der Waals surface area contributed by atoms with Crippen molar-refractivity contribution in [1.82, 2.24) is 9.62 Å². The van der Waals surface area contributed by atoms with Crippen LogP contribution >= 0.6 is 0 Å². The zero-order valence-electron chi connectivity index (χ0n) is 17.8. The Morgan fingerprint density at radius 2 is 1.83 bits per heavy atom. The van der Waals surface area contributed by atoms with E-state index in [9.17, 15) is 13.2 Å². The third kappa shape index (κ3) is 5.21. The number of carbonyl (C=O) groups is 1. The van der Waals surface area contributed by atoms with Crippen LogP contribution in [-0.4, -0.2) is 46.0 Å². The first-order valence-corrected chi connectivity index (χ1v) is 11.8. The van der Waals surface area contributed by atoms with Crippen LogP contribution in [0.15, 0.2) is 53.4 Å². The SMILES string of the molecule is COc1ccc(S(=O)(=O)NCC(C)c2ccccc2)cc1C(=O)N1CCC(C)CC1. The summed E-state index contributed by atoms with van der Waals surface area (Å²) in [4.78, 5) is 14.9. The van der Waals surface area contributed by atoms with Crippen LogP contribution in [0.1, 0.15) is 48.5 Å². The molecule has 162 valence electrons. The minimum Gasteiger partial charge on any atom is -0.496 e. The van der Waals surface area contributed by atoms with Crippen molar-refractivity contribution >= 4 is 15.9 Å². The highest BCUT2D eigenvalue weighted by molar-refractivity contribution is 7.89. The molecule has 6 nitrogen and oxygen atoms in total. The van der Waals surface area contributed by atoms with Gasteiger partial charge in [-0.05, 0) is 48.4 Å². The standard InChI is InChI=1S/C23H30N2O4S/c1-17-11-13-25(14-12-17)23(26)21-15-20(9-10-22(21)29-3)30(27,28)24-16-18(2)19-7-5-4-6-8-19/h4-10,15,17-18,24H,11-14,16H2,1-3H3. The average molecular weight is 431 g/mol. The highest BCUT2D eigenvalue weighted by atomic mass is 32.2. The molecule has 0 aliphatic carbocycles. The Kier molecular flexibility index (Phi) is 7.15. The van der Waals surface area contributed by atoms with Crippen molar-refractivity contribution < 1.29 is 17.9 Å². The van der Waals surface area contributed by atoms with E-state index in [1.807, 2.05) is 37.3 Å². The maximum absolute atomic E-state index is 13.0. The van der Waals surface area contributed by atoms with Gasteiger partial charge in [-0.1, -0.05) is 44.2 Å². The maximum Gasteiger partial charge on any atom is 0.257 e. The number of carbonyl (C=O) groups excluding carboxylic acids is 1. The van der Waals surface area contributed by atoms with Gasteiger partial charge in [0.2, 0.25) is 10.0 Å². The van der Waals surface area contributed by atoms with Gasteiger partial charge in [0.1, 0.15) is 5.75 Å². The van der Waals surface area contributed by atoms with Crippen molar-refractivity contribution in [3.8, 4) is 5.75 Å². The molecule has 1 saturated heterocycles. The van der Waals surface area contributed by atoms with Crippen LogP contribution in [0, 0.1) is 5.92 Å². The first-order chi connectivity index (χ1) is 14.3. The monoisotopic (exact) mass is 430 g/mol. The highest BCUT2D eigenvalue weighted by Crippen LogP contribution is 2.26. The van der Waals surface area contributed by atoms with Gasteiger partial charge < -0.3 is 9.64 Å². The average Bonchev–Trinajstić information content (AvgIpc) is 2.77. The van der Waals surface area contributed by atoms with E-state index < -0.39 is 10.0 Å². The maximum atomic E-state index is 13.0. The number of ether oxygens (including phenoxy) is 1. The van der Waals surface area contributed by atoms with Crippen LogP contribution in [0.5, 0.6) is 5.75 Å². The molecule has 2 aromatic rings. The van der Waals surface area contributed by atoms with E-state index in [0.29, 0.717) is 24.8 Å². The summed E-state index contributed by atoms with van der Waals surface area (Å²) in [5.74, 6) is 0.817. The fourth-order valence-electron chi connectivity index (χ4n) is 3.62. The van der Waals surface area contributed by atoms with Crippen molar-refractivity contribution in [3.05, 3.63) is 59.7 Å². The molecule has 0 spiro atoms. The van der Waals surface area contributed by atoms with E-state index in [1.165, 1.54) is 19.2 Å². The van der Waals surface area contributed by atoms with E-state index in [2.05, 4.69) is 11.6 Å². The number of likely N-dealkylation sites (tertiary alicyclic amines) is 1. The Morgan fingerprint density at radius 1 is 1.17 bits per heavy atom. The van der Waals surface area contributed by atoms with E-state index in [4.69, 9.17) is 4.74 Å². The van der Waals surface area contributed by atoms with Crippen LogP contribution in [0.4, 0.5) is 0 Å². The third-order valence-electron chi connectivity index (χ3n) is 5.73. The molecule has 1 N–H and O–H groups in total. The van der Waals surface area contributed by atoms with Crippen molar-refractivity contribution in [2.45, 2.75) is 37.5 Å². The predicted molar refractivity (Wildman–Crippen MR) is 117 cm³/mol. The molecule has 1 atom stereocenters. The molecule has 1 unspecified atom stereocenters. The number of benzene rings is 2. The zero-order chi connectivity index (χ0) is 21.7. The number of rotatable bonds is 7. The minimum atomic E-state index is -3.76. The highest BCUT2D eigenvalue weighted by Gasteiger charge is 2.26. The molecule has 1 aliphatic rings. The van der Waals surface area contributed by atoms with Crippen LogP contribution in [0.25, 0.3) is 0 Å². The van der Waals surface area contributed by atoms with Gasteiger partial charge in [-0.25, -0.2) is 13.1 Å². The van der Waals surface area contributed by atoms with Gasteiger partial charge in [0.25, 0.3) is 5.91 Å². The number of nitrogens with one attached hydrogen (secondary N) is 1. The summed E-state index contributed by atoms with van der Waals surface area (Å²) in [5.41, 5.74) is 1.34. The number of nitrogens with zero attached hydrogens (tertiary/aromatic N) is 1. The van der Waals surface area contributed by atoms with Gasteiger partial charge in [0, 0.05) is 19.6 Å². The number of amides is 1. The molecular formula is C23H30N2O4S. The van der Waals surface area contributed by atoms with Crippen LogP contribution < -0.4 is 9.46 Å². The lowest BCUT2D eigenvalue weighted by Crippen LogP contribution is -2.38. The smallest absolute Gasteiger partial charge is 0.257 e. The summed E-state index contributed by atoms with van der Waals surface area (Å²) in [5, 5.41) is 0. The Hall–Kier alpha value is -2.38. The number of sulfonamides is 1. The van der Waals surface area contributed by atoms with Crippen LogP contribution in [0.2, 0.25) is 0 Å². The summed E-state index contributed by atoms with van der Waals surface area (Å²) in [6, 6.07) is 14.2. The Morgan fingerprint density at radius 3 is 2.47 bits per heavy atom. The topological polar surface area (TPSA) is 75.7 Å². The van der Waals surface area contributed by atoms with Gasteiger partial charge in [0.05, 0.1) is 17.6 Å². The van der Waals surface area contributed by atoms with Crippen molar-refractivity contribution in [2.24, 2.45) is 5.92 Å². The predicted octanol–water partition coefficient (Wildman–Crippen LogP) is 3.65. The molecule has 1 amide bonds. The second-order valence-electron chi connectivity index (χ2n) is 8.00. The van der Waals surface area contributed by atoms with Gasteiger partial charge in [0.15, 0.2) is 0 Å². The Bertz CT molecular complexity index is 968. The second-order valence-corrected chi connectivity index (χ2v) is 9.77. The van der Waals surface area contributed by atoms with E-state index in [0.717, 1.165) is 18.4 Å². The van der Waals surface area contributed by atoms with E-state index >= 15 is 0 Å². The fraction of sp³-hybridized carbons (Fsp3) is 0.435. The first-order valence-electron chi connectivity index (χ1n) is 10.3. The lowest BCUT2D eigenvalue weighted by atomic mass is 9.98. The second kappa shape index (κ2) is 9.62. The summed E-state index contributed by atoms with van der Waals surface area (Å²) in [6.45, 7) is 5.77. The minimum absolute atomic E-state index is 0.0238. The Balaban J connectivity index is 1.78. The van der Waals surface area contributed by atoms with E-state index in [-0.39, 0.29) is 28.8 Å². The van der Waals surface area contributed by atoms with Crippen molar-refractivity contribution in [2.75, 3.05) is 26.7 Å². The fourth-order valence-corrected chi connectivity index (χ4v) is 4.78. The molecule has 0 radical (unpaired) electrons. The normalized spacial score (nSPS) is 16.3. The van der Waals surface area contributed by atoms with E-state index in [1.54, 1.807) is 11.0 Å².